The number of allylic oxidation sites excluding steroid dienone is 2. The van der Waals surface area contributed by atoms with Crippen LogP contribution in [0.1, 0.15) is 87.0 Å². The molecule has 5 aliphatic rings. The van der Waals surface area contributed by atoms with Crippen LogP contribution in [0.15, 0.2) is 24.3 Å². The Kier molecular flexibility index (Phi) is 6.07. The lowest BCUT2D eigenvalue weighted by Gasteiger charge is -2.61. The van der Waals surface area contributed by atoms with Crippen molar-refractivity contribution in [3.8, 4) is 0 Å². The zero-order valence-electron chi connectivity index (χ0n) is 23.8. The van der Waals surface area contributed by atoms with Gasteiger partial charge in [0.05, 0.1) is 0 Å². The molecule has 0 saturated heterocycles. The summed E-state index contributed by atoms with van der Waals surface area (Å²) in [7, 11) is 0. The molecule has 0 heterocycles. The molecule has 5 nitrogen and oxygen atoms in total. The van der Waals surface area contributed by atoms with Gasteiger partial charge in [0.2, 0.25) is 0 Å². The number of esters is 1. The lowest BCUT2D eigenvalue weighted by Crippen LogP contribution is -2.56. The second-order valence-corrected chi connectivity index (χ2v) is 14.2. The molecular formula is C32H46O5. The second kappa shape index (κ2) is 8.37. The van der Waals surface area contributed by atoms with Crippen molar-refractivity contribution in [1.82, 2.24) is 0 Å². The number of ether oxygens (including phenoxy) is 1. The summed E-state index contributed by atoms with van der Waals surface area (Å²) in [5, 5.41) is 11.3. The van der Waals surface area contributed by atoms with Gasteiger partial charge in [-0.3, -0.25) is 14.4 Å². The van der Waals surface area contributed by atoms with Crippen LogP contribution in [0.25, 0.3) is 0 Å². The Balaban J connectivity index is 1.52. The van der Waals surface area contributed by atoms with Crippen molar-refractivity contribution in [1.29, 1.82) is 0 Å². The molecular weight excluding hydrogens is 464 g/mol. The van der Waals surface area contributed by atoms with Crippen LogP contribution in [0, 0.1) is 57.2 Å². The van der Waals surface area contributed by atoms with Gasteiger partial charge in [0.1, 0.15) is 12.2 Å². The van der Waals surface area contributed by atoms with Crippen molar-refractivity contribution in [2.45, 2.75) is 99.2 Å². The van der Waals surface area contributed by atoms with E-state index in [2.05, 4.69) is 33.4 Å². The molecule has 0 aliphatic heterocycles. The number of aliphatic hydroxyl groups is 1. The Bertz CT molecular complexity index is 1070. The number of fused-ring (bicyclic) bond motifs is 2. The second-order valence-electron chi connectivity index (χ2n) is 14.2. The van der Waals surface area contributed by atoms with E-state index >= 15 is 0 Å². The predicted octanol–water partition coefficient (Wildman–Crippen LogP) is 5.70. The summed E-state index contributed by atoms with van der Waals surface area (Å²) in [6, 6.07) is 0. The molecule has 0 bridgehead atoms. The average Bonchev–Trinajstić information content (AvgIpc) is 3.44. The monoisotopic (exact) mass is 510 g/mol. The van der Waals surface area contributed by atoms with Gasteiger partial charge in [0, 0.05) is 18.8 Å². The van der Waals surface area contributed by atoms with E-state index in [1.807, 2.05) is 26.8 Å². The molecule has 0 aromatic rings. The maximum atomic E-state index is 13.2. The number of Topliss-reactive ketones (excluding diaryl/α,β-unsaturated/α-hetero) is 1. The molecule has 37 heavy (non-hydrogen) atoms. The first-order chi connectivity index (χ1) is 17.2. The minimum atomic E-state index is -1.16. The molecule has 4 fully saturated rings. The topological polar surface area (TPSA) is 80.7 Å². The quantitative estimate of drug-likeness (QED) is 0.366. The minimum absolute atomic E-state index is 0.0309. The Hall–Kier alpha value is -1.75. The van der Waals surface area contributed by atoms with Crippen molar-refractivity contribution in [3.63, 3.8) is 0 Å². The predicted molar refractivity (Wildman–Crippen MR) is 142 cm³/mol. The van der Waals surface area contributed by atoms with E-state index in [0.29, 0.717) is 17.4 Å². The summed E-state index contributed by atoms with van der Waals surface area (Å²) in [6.45, 7) is 18.1. The van der Waals surface area contributed by atoms with E-state index < -0.39 is 6.10 Å². The Morgan fingerprint density at radius 3 is 2.43 bits per heavy atom. The number of aliphatic hydroxyl groups excluding tert-OH is 1. The number of ketones is 2. The van der Waals surface area contributed by atoms with Gasteiger partial charge in [-0.05, 0) is 95.5 Å². The van der Waals surface area contributed by atoms with E-state index in [4.69, 9.17) is 4.74 Å². The first kappa shape index (κ1) is 26.8. The van der Waals surface area contributed by atoms with E-state index in [1.54, 1.807) is 0 Å². The number of hydrogen-bond donors (Lipinski definition) is 1. The average molecular weight is 511 g/mol. The van der Waals surface area contributed by atoms with E-state index in [9.17, 15) is 19.5 Å². The van der Waals surface area contributed by atoms with Gasteiger partial charge in [-0.1, -0.05) is 54.2 Å². The van der Waals surface area contributed by atoms with Gasteiger partial charge >= 0.3 is 5.97 Å². The Labute approximate surface area is 222 Å². The van der Waals surface area contributed by atoms with E-state index in [1.165, 1.54) is 6.92 Å². The zero-order valence-corrected chi connectivity index (χ0v) is 23.8. The molecule has 1 N–H and O–H groups in total. The number of carbonyl (C=O) groups is 3. The van der Waals surface area contributed by atoms with Gasteiger partial charge in [-0.25, -0.2) is 0 Å². The molecule has 0 aromatic carbocycles. The van der Waals surface area contributed by atoms with Crippen LogP contribution in [0.3, 0.4) is 0 Å². The molecule has 0 aromatic heterocycles. The maximum Gasteiger partial charge on any atom is 0.302 e. The highest BCUT2D eigenvalue weighted by molar-refractivity contribution is 5.98. The molecule has 5 rings (SSSR count). The van der Waals surface area contributed by atoms with Crippen LogP contribution in [0.5, 0.6) is 0 Å². The smallest absolute Gasteiger partial charge is 0.302 e. The van der Waals surface area contributed by atoms with E-state index in [0.717, 1.165) is 38.5 Å². The van der Waals surface area contributed by atoms with Crippen molar-refractivity contribution in [2.75, 3.05) is 0 Å². The molecule has 11 atom stereocenters. The number of rotatable bonds is 6. The van der Waals surface area contributed by atoms with Gasteiger partial charge in [-0.2, -0.15) is 0 Å². The maximum absolute atomic E-state index is 13.2. The van der Waals surface area contributed by atoms with Gasteiger partial charge in [-0.15, -0.1) is 0 Å². The third-order valence-corrected chi connectivity index (χ3v) is 12.7. The molecule has 5 heteroatoms. The fraction of sp³-hybridized carbons (Fsp3) is 0.781. The van der Waals surface area contributed by atoms with Crippen molar-refractivity contribution in [3.05, 3.63) is 24.3 Å². The highest BCUT2D eigenvalue weighted by Crippen LogP contribution is 2.87. The van der Waals surface area contributed by atoms with Crippen LogP contribution in [0.4, 0.5) is 0 Å². The summed E-state index contributed by atoms with van der Waals surface area (Å²) in [4.78, 5) is 38.0. The van der Waals surface area contributed by atoms with Crippen LogP contribution < -0.4 is 0 Å². The van der Waals surface area contributed by atoms with Gasteiger partial charge in [0.15, 0.2) is 11.6 Å². The SMILES string of the molecule is C=C(C(=O)[C@H](O)C(C)[C@H]1[C@@H](OC(C)=O)C[C@@]2(C)[C@@H]3CC[C@H]4[C@H](C)C(=O)C=CC45CC35CC[C@]12C)C(C)C. The van der Waals surface area contributed by atoms with Gasteiger partial charge < -0.3 is 9.84 Å². The Morgan fingerprint density at radius 1 is 1.14 bits per heavy atom. The summed E-state index contributed by atoms with van der Waals surface area (Å²) in [5.41, 5.74) is 0.505. The first-order valence-electron chi connectivity index (χ1n) is 14.5. The zero-order chi connectivity index (χ0) is 27.3. The largest absolute Gasteiger partial charge is 0.462 e. The third-order valence-electron chi connectivity index (χ3n) is 12.7. The van der Waals surface area contributed by atoms with Crippen molar-refractivity contribution >= 4 is 17.5 Å². The fourth-order valence-electron chi connectivity index (χ4n) is 10.6. The molecule has 5 aliphatic carbocycles. The summed E-state index contributed by atoms with van der Waals surface area (Å²) < 4.78 is 6.03. The molecule has 0 amide bonds. The van der Waals surface area contributed by atoms with E-state index in [-0.39, 0.29) is 69.0 Å². The van der Waals surface area contributed by atoms with Crippen LogP contribution >= 0.6 is 0 Å². The summed E-state index contributed by atoms with van der Waals surface area (Å²) >= 11 is 0. The molecule has 0 radical (unpaired) electrons. The Morgan fingerprint density at radius 2 is 1.81 bits per heavy atom. The molecule has 204 valence electrons. The highest BCUT2D eigenvalue weighted by atomic mass is 16.5. The third kappa shape index (κ3) is 3.34. The number of hydrogen-bond acceptors (Lipinski definition) is 5. The van der Waals surface area contributed by atoms with Crippen molar-refractivity contribution in [2.24, 2.45) is 57.2 Å². The lowest BCUT2D eigenvalue weighted by molar-refractivity contribution is -0.154. The summed E-state index contributed by atoms with van der Waals surface area (Å²) in [6.07, 6.45) is 8.76. The molecule has 2 spiro atoms. The van der Waals surface area contributed by atoms with Crippen LogP contribution in [-0.2, 0) is 19.1 Å². The standard InChI is InChI=1S/C32H46O5/c1-17(2)18(3)27(35)28(36)20(5)26-24(37-21(6)33)15-30(8)25-10-9-22-19(4)23(34)11-12-31(22)16-32(25,31)14-13-29(26,30)7/h11-12,17,19-20,22,24-26,28,36H,3,9-10,13-16H2,1-2,4-8H3/t19-,20?,22-,24-,25-,26-,28+,29+,30-,31?,32?/m0/s1. The minimum Gasteiger partial charge on any atom is -0.462 e. The fourth-order valence-corrected chi connectivity index (χ4v) is 10.6. The van der Waals surface area contributed by atoms with Crippen LogP contribution in [0.2, 0.25) is 0 Å². The lowest BCUT2D eigenvalue weighted by atomic mass is 9.43. The highest BCUT2D eigenvalue weighted by Gasteiger charge is 2.81. The van der Waals surface area contributed by atoms with Gasteiger partial charge in [0.25, 0.3) is 0 Å². The van der Waals surface area contributed by atoms with Crippen LogP contribution in [-0.4, -0.2) is 34.9 Å². The first-order valence-corrected chi connectivity index (χ1v) is 14.5. The van der Waals surface area contributed by atoms with Crippen molar-refractivity contribution < 1.29 is 24.2 Å². The number of carbonyl (C=O) groups excluding carboxylic acids is 3. The molecule has 4 saturated carbocycles. The summed E-state index contributed by atoms with van der Waals surface area (Å²) in [5.74, 6) is 0.158. The molecule has 3 unspecified atom stereocenters. The normalized spacial score (nSPS) is 47.3.